The van der Waals surface area contributed by atoms with Crippen molar-refractivity contribution in [2.75, 3.05) is 23.5 Å². The fraction of sp³-hybridized carbons (Fsp3) is 0.108. The Morgan fingerprint density at radius 2 is 1.06 bits per heavy atom. The number of pyridine rings is 4. The summed E-state index contributed by atoms with van der Waals surface area (Å²) in [6.45, 7) is 0.583. The van der Waals surface area contributed by atoms with Gasteiger partial charge in [-0.1, -0.05) is 24.3 Å². The summed E-state index contributed by atoms with van der Waals surface area (Å²) in [5, 5.41) is 7.71. The van der Waals surface area contributed by atoms with Crippen molar-refractivity contribution in [3.63, 3.8) is 0 Å². The minimum absolute atomic E-state index is 0.583. The van der Waals surface area contributed by atoms with Crippen LogP contribution in [-0.4, -0.2) is 53.8 Å². The number of fused-ring (bicyclic) bond motifs is 7. The second kappa shape index (κ2) is 9.37. The molecule has 10 rings (SSSR count). The molecular formula is C37H26N10. The fourth-order valence-corrected chi connectivity index (χ4v) is 8.32. The van der Waals surface area contributed by atoms with Gasteiger partial charge in [-0.2, -0.15) is 5.10 Å². The molecule has 1 aromatic carbocycles. The van der Waals surface area contributed by atoms with Crippen molar-refractivity contribution in [2.45, 2.75) is 11.0 Å². The largest absolute Gasteiger partial charge is 0.339 e. The van der Waals surface area contributed by atoms with Crippen LogP contribution >= 0.6 is 0 Å². The van der Waals surface area contributed by atoms with Crippen molar-refractivity contribution < 1.29 is 0 Å². The number of rotatable bonds is 4. The van der Waals surface area contributed by atoms with Gasteiger partial charge in [0.05, 0.1) is 17.8 Å². The number of aromatic amines is 1. The van der Waals surface area contributed by atoms with E-state index in [1.165, 1.54) is 0 Å². The van der Waals surface area contributed by atoms with Crippen molar-refractivity contribution in [3.05, 3.63) is 162 Å². The molecule has 3 aliphatic rings. The van der Waals surface area contributed by atoms with E-state index in [9.17, 15) is 0 Å². The maximum absolute atomic E-state index is 4.88. The van der Waals surface area contributed by atoms with E-state index < -0.39 is 11.0 Å². The van der Waals surface area contributed by atoms with Crippen molar-refractivity contribution in [2.24, 2.45) is 0 Å². The molecule has 10 heteroatoms. The quantitative estimate of drug-likeness (QED) is 0.283. The van der Waals surface area contributed by atoms with Crippen LogP contribution in [0.1, 0.15) is 39.1 Å². The molecule has 0 bridgehead atoms. The summed E-state index contributed by atoms with van der Waals surface area (Å²) < 4.78 is 0. The zero-order valence-electron chi connectivity index (χ0n) is 25.3. The highest BCUT2D eigenvalue weighted by Crippen LogP contribution is 2.58. The molecule has 0 saturated heterocycles. The molecule has 2 aliphatic carbocycles. The number of nitrogens with one attached hydrogen (secondary N) is 1. The topological polar surface area (TPSA) is 112 Å². The van der Waals surface area contributed by atoms with Crippen molar-refractivity contribution in [1.82, 2.24) is 40.1 Å². The summed E-state index contributed by atoms with van der Waals surface area (Å²) >= 11 is 0. The highest BCUT2D eigenvalue weighted by molar-refractivity contribution is 5.88. The molecule has 10 nitrogen and oxygen atoms in total. The summed E-state index contributed by atoms with van der Waals surface area (Å²) in [7, 11) is 2.05. The van der Waals surface area contributed by atoms with Crippen LogP contribution in [0.15, 0.2) is 123 Å². The Bertz CT molecular complexity index is 2240. The van der Waals surface area contributed by atoms with E-state index in [1.807, 2.05) is 55.6 Å². The summed E-state index contributed by atoms with van der Waals surface area (Å²) in [6.07, 6.45) is 20.7. The first-order chi connectivity index (χ1) is 23.2. The molecular weight excluding hydrogens is 584 g/mol. The van der Waals surface area contributed by atoms with Gasteiger partial charge >= 0.3 is 0 Å². The van der Waals surface area contributed by atoms with E-state index >= 15 is 0 Å². The molecule has 1 aliphatic heterocycles. The number of hydrogen-bond acceptors (Lipinski definition) is 9. The lowest BCUT2D eigenvalue weighted by Gasteiger charge is -2.42. The van der Waals surface area contributed by atoms with Crippen LogP contribution in [0.3, 0.4) is 0 Å². The Hall–Kier alpha value is -6.29. The van der Waals surface area contributed by atoms with Gasteiger partial charge in [-0.15, -0.1) is 0 Å². The smallest absolute Gasteiger partial charge is 0.174 e. The molecule has 7 heterocycles. The minimum atomic E-state index is -0.767. The molecule has 47 heavy (non-hydrogen) atoms. The maximum atomic E-state index is 4.88. The molecule has 6 aromatic heterocycles. The van der Waals surface area contributed by atoms with E-state index in [4.69, 9.17) is 9.97 Å². The molecule has 0 fully saturated rings. The Kier molecular flexibility index (Phi) is 5.18. The minimum Gasteiger partial charge on any atom is -0.339 e. The third-order valence-electron chi connectivity index (χ3n) is 10.1. The molecule has 0 amide bonds. The molecule has 0 saturated carbocycles. The number of H-pyrrole nitrogens is 1. The lowest BCUT2D eigenvalue weighted by molar-refractivity contribution is 0.575. The number of nitrogens with zero attached hydrogens (tertiary/aromatic N) is 9. The van der Waals surface area contributed by atoms with E-state index in [2.05, 4.69) is 95.5 Å². The second-order valence-corrected chi connectivity index (χ2v) is 12.2. The van der Waals surface area contributed by atoms with Gasteiger partial charge in [-0.25, -0.2) is 9.97 Å². The first-order valence-electron chi connectivity index (χ1n) is 15.4. The van der Waals surface area contributed by atoms with E-state index in [0.717, 1.165) is 73.0 Å². The average Bonchev–Trinajstić information content (AvgIpc) is 3.91. The second-order valence-electron chi connectivity index (χ2n) is 12.2. The van der Waals surface area contributed by atoms with Crippen molar-refractivity contribution >= 4 is 11.6 Å². The molecule has 0 spiro atoms. The molecule has 7 aromatic rings. The summed E-state index contributed by atoms with van der Waals surface area (Å²) in [4.78, 5) is 32.6. The molecule has 0 atom stereocenters. The van der Waals surface area contributed by atoms with Gasteiger partial charge in [-0.3, -0.25) is 25.0 Å². The lowest BCUT2D eigenvalue weighted by Crippen LogP contribution is -2.48. The van der Waals surface area contributed by atoms with Crippen molar-refractivity contribution in [1.29, 1.82) is 0 Å². The highest BCUT2D eigenvalue weighted by atomic mass is 15.4. The van der Waals surface area contributed by atoms with Gasteiger partial charge in [0.1, 0.15) is 5.54 Å². The maximum Gasteiger partial charge on any atom is 0.174 e. The zero-order valence-corrected chi connectivity index (χ0v) is 25.3. The lowest BCUT2D eigenvalue weighted by atomic mass is 9.70. The SMILES string of the molecule is CN1CN(C2(c3ccc(C4(c5ccn[nH]5)c5cnccc5-c5ccncc54)cc3)c3cnccc3-c3ccncc32)c2nccnc21. The number of hydrogen-bond donors (Lipinski definition) is 1. The Morgan fingerprint density at radius 3 is 1.62 bits per heavy atom. The third kappa shape index (κ3) is 3.16. The van der Waals surface area contributed by atoms with Gasteiger partial charge < -0.3 is 9.80 Å². The summed E-state index contributed by atoms with van der Waals surface area (Å²) in [5.74, 6) is 1.65. The van der Waals surface area contributed by atoms with E-state index in [-0.39, 0.29) is 0 Å². The molecule has 0 unspecified atom stereocenters. The standard InChI is InChI=1S/C37H26N10/c1-46-22-47(35-34(46)42-16-17-43-35)37(31-20-40-13-8-27(31)28-9-14-41-21-32(28)37)24-4-2-23(3-5-24)36(33-10-15-44-45-33)29-18-38-11-6-25(29)26-7-12-39-19-30(26)36/h2-21H,22H2,1H3,(H,44,45). The van der Waals surface area contributed by atoms with Crippen LogP contribution in [0.2, 0.25) is 0 Å². The van der Waals surface area contributed by atoms with Crippen LogP contribution in [0.5, 0.6) is 0 Å². The zero-order chi connectivity index (χ0) is 31.2. The average molecular weight is 611 g/mol. The predicted octanol–water partition coefficient (Wildman–Crippen LogP) is 5.33. The third-order valence-corrected chi connectivity index (χ3v) is 10.1. The summed E-state index contributed by atoms with van der Waals surface area (Å²) in [5.41, 5.74) is 10.5. The number of benzene rings is 1. The molecule has 0 radical (unpaired) electrons. The van der Waals surface area contributed by atoms with E-state index in [1.54, 1.807) is 18.6 Å². The predicted molar refractivity (Wildman–Crippen MR) is 177 cm³/mol. The van der Waals surface area contributed by atoms with Gasteiger partial charge in [0.15, 0.2) is 11.6 Å². The monoisotopic (exact) mass is 610 g/mol. The van der Waals surface area contributed by atoms with Crippen LogP contribution < -0.4 is 9.80 Å². The Balaban J connectivity index is 1.25. The Labute approximate surface area is 269 Å². The van der Waals surface area contributed by atoms with Crippen LogP contribution in [0, 0.1) is 0 Å². The first kappa shape index (κ1) is 26.0. The van der Waals surface area contributed by atoms with Gasteiger partial charge in [-0.05, 0) is 74.8 Å². The number of anilines is 2. The van der Waals surface area contributed by atoms with Crippen molar-refractivity contribution in [3.8, 4) is 22.3 Å². The Morgan fingerprint density at radius 1 is 0.553 bits per heavy atom. The highest BCUT2D eigenvalue weighted by Gasteiger charge is 2.54. The van der Waals surface area contributed by atoms with Crippen LogP contribution in [0.25, 0.3) is 22.3 Å². The number of aromatic nitrogens is 8. The van der Waals surface area contributed by atoms with Crippen LogP contribution in [0.4, 0.5) is 11.6 Å². The normalized spacial score (nSPS) is 15.9. The fourth-order valence-electron chi connectivity index (χ4n) is 8.32. The van der Waals surface area contributed by atoms with Gasteiger partial charge in [0.25, 0.3) is 0 Å². The molecule has 224 valence electrons. The molecule has 1 N–H and O–H groups in total. The first-order valence-corrected chi connectivity index (χ1v) is 15.4. The van der Waals surface area contributed by atoms with Gasteiger partial charge in [0.2, 0.25) is 0 Å². The van der Waals surface area contributed by atoms with E-state index in [0.29, 0.717) is 6.67 Å². The van der Waals surface area contributed by atoms with Crippen LogP contribution in [-0.2, 0) is 11.0 Å². The van der Waals surface area contributed by atoms with Gasteiger partial charge in [0, 0.05) is 86.3 Å². The summed E-state index contributed by atoms with van der Waals surface area (Å²) in [6, 6.07) is 19.4.